The minimum atomic E-state index is -0.878. The first-order valence-electron chi connectivity index (χ1n) is 9.84. The van der Waals surface area contributed by atoms with Crippen LogP contribution in [0.25, 0.3) is 10.9 Å². The highest BCUT2D eigenvalue weighted by Crippen LogP contribution is 2.19. The van der Waals surface area contributed by atoms with Crippen molar-refractivity contribution in [2.24, 2.45) is 5.10 Å². The van der Waals surface area contributed by atoms with Crippen LogP contribution in [0.1, 0.15) is 31.9 Å². The van der Waals surface area contributed by atoms with Gasteiger partial charge in [0.25, 0.3) is 5.91 Å². The van der Waals surface area contributed by atoms with Gasteiger partial charge >= 0.3 is 6.09 Å². The van der Waals surface area contributed by atoms with Gasteiger partial charge in [0.05, 0.1) is 6.21 Å². The van der Waals surface area contributed by atoms with Gasteiger partial charge in [0.1, 0.15) is 11.6 Å². The van der Waals surface area contributed by atoms with E-state index < -0.39 is 23.6 Å². The molecule has 0 aliphatic carbocycles. The summed E-state index contributed by atoms with van der Waals surface area (Å²) < 4.78 is 5.32. The molecule has 0 bridgehead atoms. The smallest absolute Gasteiger partial charge is 0.408 e. The lowest BCUT2D eigenvalue weighted by atomic mass is 10.0. The third-order valence-electron chi connectivity index (χ3n) is 4.36. The van der Waals surface area contributed by atoms with Crippen LogP contribution in [0.2, 0.25) is 5.02 Å². The molecule has 0 saturated carbocycles. The monoisotopic (exact) mass is 440 g/mol. The lowest BCUT2D eigenvalue weighted by Gasteiger charge is -2.22. The van der Waals surface area contributed by atoms with Crippen LogP contribution >= 0.6 is 11.6 Å². The normalized spacial score (nSPS) is 12.6. The number of rotatable bonds is 6. The van der Waals surface area contributed by atoms with Gasteiger partial charge in [0.2, 0.25) is 0 Å². The van der Waals surface area contributed by atoms with Gasteiger partial charge in [-0.1, -0.05) is 41.9 Å². The van der Waals surface area contributed by atoms with Crippen LogP contribution in [0.15, 0.2) is 59.8 Å². The predicted octanol–water partition coefficient (Wildman–Crippen LogP) is 4.41. The first kappa shape index (κ1) is 22.4. The summed E-state index contributed by atoms with van der Waals surface area (Å²) in [5.41, 5.74) is 4.44. The number of fused-ring (bicyclic) bond motifs is 1. The minimum Gasteiger partial charge on any atom is -0.444 e. The number of para-hydroxylation sites is 1. The fourth-order valence-electron chi connectivity index (χ4n) is 2.98. The van der Waals surface area contributed by atoms with Crippen molar-refractivity contribution in [1.82, 2.24) is 15.7 Å². The predicted molar refractivity (Wildman–Crippen MR) is 122 cm³/mol. The van der Waals surface area contributed by atoms with Crippen LogP contribution in [-0.4, -0.2) is 34.8 Å². The molecule has 3 rings (SSSR count). The number of carbonyl (C=O) groups is 2. The second-order valence-corrected chi connectivity index (χ2v) is 8.48. The van der Waals surface area contributed by atoms with E-state index in [4.69, 9.17) is 16.3 Å². The fraction of sp³-hybridized carbons (Fsp3) is 0.261. The van der Waals surface area contributed by atoms with Crippen LogP contribution in [0.3, 0.4) is 0 Å². The van der Waals surface area contributed by atoms with Gasteiger partial charge in [-0.2, -0.15) is 5.10 Å². The molecule has 0 unspecified atom stereocenters. The summed E-state index contributed by atoms with van der Waals surface area (Å²) in [7, 11) is 0. The largest absolute Gasteiger partial charge is 0.444 e. The molecular formula is C23H25ClN4O3. The number of hydrogen-bond donors (Lipinski definition) is 3. The summed E-state index contributed by atoms with van der Waals surface area (Å²) >= 11 is 5.87. The number of hydrazone groups is 1. The highest BCUT2D eigenvalue weighted by atomic mass is 35.5. The number of nitrogens with one attached hydrogen (secondary N) is 3. The van der Waals surface area contributed by atoms with Crippen LogP contribution in [-0.2, 0) is 16.0 Å². The molecule has 0 radical (unpaired) electrons. The van der Waals surface area contributed by atoms with Crippen molar-refractivity contribution in [3.63, 3.8) is 0 Å². The summed E-state index contributed by atoms with van der Waals surface area (Å²) in [5, 5.41) is 8.25. The Hall–Kier alpha value is -3.32. The van der Waals surface area contributed by atoms with Gasteiger partial charge in [0.15, 0.2) is 0 Å². The summed E-state index contributed by atoms with van der Waals surface area (Å²) in [4.78, 5) is 28.3. The van der Waals surface area contributed by atoms with Crippen LogP contribution in [0, 0.1) is 0 Å². The lowest BCUT2D eigenvalue weighted by molar-refractivity contribution is -0.123. The van der Waals surface area contributed by atoms with E-state index in [2.05, 4.69) is 20.8 Å². The maximum atomic E-state index is 12.8. The average Bonchev–Trinajstić information content (AvgIpc) is 3.10. The summed E-state index contributed by atoms with van der Waals surface area (Å²) in [6.45, 7) is 5.28. The van der Waals surface area contributed by atoms with Gasteiger partial charge < -0.3 is 15.0 Å². The Balaban J connectivity index is 1.74. The molecule has 2 amide bonds. The van der Waals surface area contributed by atoms with E-state index in [1.165, 1.54) is 6.21 Å². The molecule has 8 heteroatoms. The number of benzene rings is 2. The molecule has 0 fully saturated rings. The fourth-order valence-corrected chi connectivity index (χ4v) is 3.10. The summed E-state index contributed by atoms with van der Waals surface area (Å²) in [5.74, 6) is -0.457. The van der Waals surface area contributed by atoms with Gasteiger partial charge in [-0.15, -0.1) is 0 Å². The molecule has 31 heavy (non-hydrogen) atoms. The second-order valence-electron chi connectivity index (χ2n) is 8.05. The van der Waals surface area contributed by atoms with Crippen LogP contribution in [0.4, 0.5) is 4.79 Å². The van der Waals surface area contributed by atoms with Crippen molar-refractivity contribution in [3.8, 4) is 0 Å². The number of carbonyl (C=O) groups excluding carboxylic acids is 2. The molecule has 1 aromatic heterocycles. The Morgan fingerprint density at radius 3 is 2.58 bits per heavy atom. The van der Waals surface area contributed by atoms with Gasteiger partial charge in [-0.05, 0) is 50.1 Å². The number of aromatic amines is 1. The molecule has 1 heterocycles. The van der Waals surface area contributed by atoms with E-state index >= 15 is 0 Å². The van der Waals surface area contributed by atoms with Crippen molar-refractivity contribution >= 4 is 40.7 Å². The van der Waals surface area contributed by atoms with E-state index in [0.29, 0.717) is 5.02 Å². The van der Waals surface area contributed by atoms with Crippen molar-refractivity contribution in [2.75, 3.05) is 0 Å². The Morgan fingerprint density at radius 2 is 1.87 bits per heavy atom. The van der Waals surface area contributed by atoms with Crippen LogP contribution in [0.5, 0.6) is 0 Å². The number of ether oxygens (including phenoxy) is 1. The topological polar surface area (TPSA) is 95.6 Å². The summed E-state index contributed by atoms with van der Waals surface area (Å²) in [6, 6.07) is 13.9. The number of H-pyrrole nitrogens is 1. The Morgan fingerprint density at radius 1 is 1.16 bits per heavy atom. The number of aromatic nitrogens is 1. The van der Waals surface area contributed by atoms with E-state index in [1.54, 1.807) is 45.0 Å². The minimum absolute atomic E-state index is 0.269. The van der Waals surface area contributed by atoms with Crippen molar-refractivity contribution in [2.45, 2.75) is 38.8 Å². The van der Waals surface area contributed by atoms with Gasteiger partial charge in [-0.3, -0.25) is 4.79 Å². The molecule has 2 aromatic carbocycles. The average molecular weight is 441 g/mol. The number of alkyl carbamates (subject to hydrolysis) is 1. The molecule has 0 saturated heterocycles. The first-order valence-corrected chi connectivity index (χ1v) is 10.2. The maximum absolute atomic E-state index is 12.8. The van der Waals surface area contributed by atoms with Crippen molar-refractivity contribution in [1.29, 1.82) is 0 Å². The Bertz CT molecular complexity index is 1080. The van der Waals surface area contributed by atoms with Crippen LogP contribution < -0.4 is 10.7 Å². The SMILES string of the molecule is CC(C)(C)OC(=O)N[C@@H](Cc1c[nH]c2ccccc12)C(=O)N/N=C/c1ccc(Cl)cc1. The highest BCUT2D eigenvalue weighted by molar-refractivity contribution is 6.30. The van der Waals surface area contributed by atoms with E-state index in [9.17, 15) is 9.59 Å². The molecule has 3 aromatic rings. The van der Waals surface area contributed by atoms with E-state index in [1.807, 2.05) is 30.5 Å². The third-order valence-corrected chi connectivity index (χ3v) is 4.62. The van der Waals surface area contributed by atoms with Crippen molar-refractivity contribution in [3.05, 3.63) is 70.9 Å². The molecular weight excluding hydrogens is 416 g/mol. The Kier molecular flexibility index (Phi) is 6.97. The zero-order valence-electron chi connectivity index (χ0n) is 17.6. The molecule has 1 atom stereocenters. The molecule has 0 aliphatic heterocycles. The lowest BCUT2D eigenvalue weighted by Crippen LogP contribution is -2.48. The molecule has 3 N–H and O–H groups in total. The van der Waals surface area contributed by atoms with Gasteiger partial charge in [-0.25, -0.2) is 10.2 Å². The molecule has 0 aliphatic rings. The number of halogens is 1. The molecule has 162 valence electrons. The second kappa shape index (κ2) is 9.66. The van der Waals surface area contributed by atoms with E-state index in [0.717, 1.165) is 22.0 Å². The molecule has 7 nitrogen and oxygen atoms in total. The number of hydrogen-bond acceptors (Lipinski definition) is 4. The third kappa shape index (κ3) is 6.58. The van der Waals surface area contributed by atoms with Crippen molar-refractivity contribution < 1.29 is 14.3 Å². The zero-order valence-corrected chi connectivity index (χ0v) is 18.4. The Labute approximate surface area is 185 Å². The number of nitrogens with zero attached hydrogens (tertiary/aromatic N) is 1. The first-order chi connectivity index (χ1) is 14.7. The quantitative estimate of drug-likeness (QED) is 0.391. The zero-order chi connectivity index (χ0) is 22.4. The summed E-state index contributed by atoms with van der Waals surface area (Å²) in [6.07, 6.45) is 2.93. The molecule has 0 spiro atoms. The van der Waals surface area contributed by atoms with Gasteiger partial charge in [0, 0.05) is 28.5 Å². The highest BCUT2D eigenvalue weighted by Gasteiger charge is 2.25. The number of amides is 2. The van der Waals surface area contributed by atoms with E-state index in [-0.39, 0.29) is 6.42 Å². The maximum Gasteiger partial charge on any atom is 0.408 e. The standard InChI is InChI=1S/C23H25ClN4O3/c1-23(2,3)31-22(30)27-20(12-16-14-25-19-7-5-4-6-18(16)19)21(29)28-26-13-15-8-10-17(24)11-9-15/h4-11,13-14,20,25H,12H2,1-3H3,(H,27,30)(H,28,29)/b26-13+/t20-/m0/s1.